The Morgan fingerprint density at radius 3 is 1.75 bits per heavy atom. The van der Waals surface area contributed by atoms with Crippen molar-refractivity contribution in [1.29, 1.82) is 5.26 Å². The zero-order valence-electron chi connectivity index (χ0n) is 5.81. The molecule has 0 aromatic heterocycles. The molecule has 0 unspecified atom stereocenters. The Bertz CT molecular complexity index is 61.4. The molecular weight excluding hydrogens is 100 g/mol. The topological polar surface area (TPSA) is 49.8 Å². The molecule has 0 atom stereocenters. The third-order valence-electron chi connectivity index (χ3n) is 0.471. The van der Waals surface area contributed by atoms with Crippen LogP contribution in [0.2, 0.25) is 0 Å². The highest BCUT2D eigenvalue weighted by molar-refractivity contribution is 4.51. The van der Waals surface area contributed by atoms with E-state index in [4.69, 9.17) is 11.0 Å². The van der Waals surface area contributed by atoms with Crippen molar-refractivity contribution in [3.05, 3.63) is 0 Å². The van der Waals surface area contributed by atoms with Gasteiger partial charge in [0.1, 0.15) is 0 Å². The summed E-state index contributed by atoms with van der Waals surface area (Å²) in [4.78, 5) is 0. The van der Waals surface area contributed by atoms with E-state index in [1.807, 2.05) is 0 Å². The highest BCUT2D eigenvalue weighted by Gasteiger charge is 1.80. The quantitative estimate of drug-likeness (QED) is 0.555. The lowest BCUT2D eigenvalue weighted by molar-refractivity contribution is 0.664. The highest BCUT2D eigenvalue weighted by atomic mass is 14.5. The van der Waals surface area contributed by atoms with E-state index in [9.17, 15) is 0 Å². The minimum atomic E-state index is 0.662. The van der Waals surface area contributed by atoms with Crippen LogP contribution in [0.5, 0.6) is 0 Å². The molecule has 0 aliphatic rings. The molecule has 0 aromatic carbocycles. The van der Waals surface area contributed by atoms with E-state index in [0.29, 0.717) is 5.92 Å². The zero-order chi connectivity index (χ0) is 6.99. The lowest BCUT2D eigenvalue weighted by atomic mass is 10.2. The van der Waals surface area contributed by atoms with Crippen LogP contribution in [-0.2, 0) is 0 Å². The molecule has 0 heterocycles. The fourth-order valence-electron chi connectivity index (χ4n) is 0. The van der Waals surface area contributed by atoms with Crippen molar-refractivity contribution >= 4 is 0 Å². The van der Waals surface area contributed by atoms with Crippen molar-refractivity contribution in [3.63, 3.8) is 0 Å². The summed E-state index contributed by atoms with van der Waals surface area (Å²) in [6.07, 6.45) is 0. The first kappa shape index (κ1) is 10.4. The van der Waals surface area contributed by atoms with Gasteiger partial charge in [0, 0.05) is 6.92 Å². The van der Waals surface area contributed by atoms with Crippen LogP contribution in [0.3, 0.4) is 0 Å². The molecule has 0 fully saturated rings. The van der Waals surface area contributed by atoms with Crippen LogP contribution in [0, 0.1) is 17.2 Å². The van der Waals surface area contributed by atoms with E-state index in [1.165, 1.54) is 6.92 Å². The Morgan fingerprint density at radius 2 is 1.75 bits per heavy atom. The van der Waals surface area contributed by atoms with Crippen molar-refractivity contribution in [2.24, 2.45) is 11.7 Å². The van der Waals surface area contributed by atoms with Gasteiger partial charge in [0.25, 0.3) is 0 Å². The summed E-state index contributed by atoms with van der Waals surface area (Å²) in [6.45, 7) is 6.43. The van der Waals surface area contributed by atoms with Gasteiger partial charge in [0.15, 0.2) is 0 Å². The molecule has 48 valence electrons. The summed E-state index contributed by atoms with van der Waals surface area (Å²) in [5, 5.41) is 7.32. The molecule has 0 bridgehead atoms. The molecular formula is C6H14N2. The maximum absolute atomic E-state index is 7.32. The lowest BCUT2D eigenvalue weighted by Crippen LogP contribution is -2.05. The fraction of sp³-hybridized carbons (Fsp3) is 0.833. The predicted octanol–water partition coefficient (Wildman–Crippen LogP) is 1.13. The van der Waals surface area contributed by atoms with Gasteiger partial charge in [-0.2, -0.15) is 5.26 Å². The van der Waals surface area contributed by atoms with Gasteiger partial charge in [-0.1, -0.05) is 13.8 Å². The van der Waals surface area contributed by atoms with Gasteiger partial charge in [-0.3, -0.25) is 0 Å². The number of rotatable bonds is 1. The first-order valence-electron chi connectivity index (χ1n) is 2.69. The maximum atomic E-state index is 7.32. The summed E-state index contributed by atoms with van der Waals surface area (Å²) in [5.74, 6) is 0.662. The molecule has 8 heavy (non-hydrogen) atoms. The summed E-state index contributed by atoms with van der Waals surface area (Å²) < 4.78 is 0. The van der Waals surface area contributed by atoms with Gasteiger partial charge >= 0.3 is 0 Å². The Balaban J connectivity index is 0. The molecule has 0 aromatic rings. The summed E-state index contributed by atoms with van der Waals surface area (Å²) >= 11 is 0. The summed E-state index contributed by atoms with van der Waals surface area (Å²) in [7, 11) is 0. The van der Waals surface area contributed by atoms with Crippen molar-refractivity contribution in [3.8, 4) is 6.07 Å². The van der Waals surface area contributed by atoms with Crippen LogP contribution in [0.1, 0.15) is 20.8 Å². The van der Waals surface area contributed by atoms with Crippen molar-refractivity contribution in [2.45, 2.75) is 20.8 Å². The highest BCUT2D eigenvalue weighted by Crippen LogP contribution is 1.81. The minimum absolute atomic E-state index is 0.662. The number of nitrogens with two attached hydrogens (primary N) is 1. The van der Waals surface area contributed by atoms with Gasteiger partial charge in [-0.05, 0) is 12.5 Å². The molecule has 0 aliphatic heterocycles. The lowest BCUT2D eigenvalue weighted by Gasteiger charge is -1.91. The summed E-state index contributed by atoms with van der Waals surface area (Å²) in [6, 6.07) is 1.75. The van der Waals surface area contributed by atoms with Crippen LogP contribution in [0.4, 0.5) is 0 Å². The van der Waals surface area contributed by atoms with Crippen molar-refractivity contribution in [2.75, 3.05) is 6.54 Å². The van der Waals surface area contributed by atoms with Gasteiger partial charge in [0.05, 0.1) is 6.07 Å². The van der Waals surface area contributed by atoms with E-state index in [1.54, 1.807) is 6.07 Å². The third-order valence-corrected chi connectivity index (χ3v) is 0.471. The maximum Gasteiger partial charge on any atom is 0.0587 e. The first-order valence-corrected chi connectivity index (χ1v) is 2.69. The van der Waals surface area contributed by atoms with Gasteiger partial charge in [-0.25, -0.2) is 0 Å². The average molecular weight is 114 g/mol. The Morgan fingerprint density at radius 1 is 1.62 bits per heavy atom. The largest absolute Gasteiger partial charge is 0.330 e. The number of nitriles is 1. The van der Waals surface area contributed by atoms with E-state index in [0.717, 1.165) is 6.54 Å². The normalized spacial score (nSPS) is 7.00. The molecule has 2 heteroatoms. The average Bonchev–Trinajstić information content (AvgIpc) is 1.69. The van der Waals surface area contributed by atoms with Crippen LogP contribution in [0.15, 0.2) is 0 Å². The molecule has 0 radical (unpaired) electrons. The monoisotopic (exact) mass is 114 g/mol. The number of nitrogens with zero attached hydrogens (tertiary/aromatic N) is 1. The van der Waals surface area contributed by atoms with Gasteiger partial charge in [-0.15, -0.1) is 0 Å². The van der Waals surface area contributed by atoms with Crippen LogP contribution >= 0.6 is 0 Å². The predicted molar refractivity (Wildman–Crippen MR) is 35.2 cm³/mol. The smallest absolute Gasteiger partial charge is 0.0587 e. The number of hydrogen-bond acceptors (Lipinski definition) is 2. The second kappa shape index (κ2) is 9.67. The Labute approximate surface area is 51.3 Å². The molecule has 2 N–H and O–H groups in total. The molecule has 0 saturated heterocycles. The molecule has 2 nitrogen and oxygen atoms in total. The zero-order valence-corrected chi connectivity index (χ0v) is 5.81. The van der Waals surface area contributed by atoms with E-state index < -0.39 is 0 Å². The Hall–Kier alpha value is -0.550. The second-order valence-corrected chi connectivity index (χ2v) is 1.85. The molecule has 0 amide bonds. The standard InChI is InChI=1S/C4H11N.C2H3N/c1-4(2)3-5;1-2-3/h4H,3,5H2,1-2H3;1H3. The van der Waals surface area contributed by atoms with Crippen molar-refractivity contribution < 1.29 is 0 Å². The molecule has 0 aliphatic carbocycles. The summed E-state index contributed by atoms with van der Waals surface area (Å²) in [5.41, 5.74) is 5.17. The van der Waals surface area contributed by atoms with E-state index in [2.05, 4.69) is 13.8 Å². The van der Waals surface area contributed by atoms with Crippen LogP contribution < -0.4 is 5.73 Å². The fourth-order valence-corrected chi connectivity index (χ4v) is 0. The molecule has 0 saturated carbocycles. The van der Waals surface area contributed by atoms with Crippen molar-refractivity contribution in [1.82, 2.24) is 0 Å². The molecule has 0 rings (SSSR count). The van der Waals surface area contributed by atoms with E-state index in [-0.39, 0.29) is 0 Å². The second-order valence-electron chi connectivity index (χ2n) is 1.85. The van der Waals surface area contributed by atoms with Crippen LogP contribution in [0.25, 0.3) is 0 Å². The van der Waals surface area contributed by atoms with Gasteiger partial charge < -0.3 is 5.73 Å². The Kier molecular flexibility index (Phi) is 12.6. The minimum Gasteiger partial charge on any atom is -0.330 e. The SMILES string of the molecule is CC#N.CC(C)CN. The number of hydrogen-bond donors (Lipinski definition) is 1. The molecule has 0 spiro atoms. The third kappa shape index (κ3) is 51.3. The van der Waals surface area contributed by atoms with Crippen LogP contribution in [-0.4, -0.2) is 6.54 Å². The van der Waals surface area contributed by atoms with E-state index >= 15 is 0 Å². The van der Waals surface area contributed by atoms with Gasteiger partial charge in [0.2, 0.25) is 0 Å². The first-order chi connectivity index (χ1) is 3.68.